The highest BCUT2D eigenvalue weighted by molar-refractivity contribution is 7.10. The average Bonchev–Trinajstić information content (AvgIpc) is 3.11. The van der Waals surface area contributed by atoms with Crippen LogP contribution in [-0.2, 0) is 19.9 Å². The monoisotopic (exact) mass is 343 g/mol. The molecule has 1 aromatic carbocycles. The first-order valence-corrected chi connectivity index (χ1v) is 8.59. The number of halogens is 1. The maximum atomic E-state index is 12.6. The Kier molecular flexibility index (Phi) is 3.47. The van der Waals surface area contributed by atoms with E-state index >= 15 is 0 Å². The van der Waals surface area contributed by atoms with Gasteiger partial charge >= 0.3 is 0 Å². The summed E-state index contributed by atoms with van der Waals surface area (Å²) in [6.45, 7) is 0. The lowest BCUT2D eigenvalue weighted by atomic mass is 9.94. The number of nitrogens with zero attached hydrogens (tertiary/aromatic N) is 2. The topological polar surface area (TPSA) is 46.9 Å². The molecule has 4 nitrogen and oxygen atoms in total. The Morgan fingerprint density at radius 1 is 1.35 bits per heavy atom. The molecule has 2 aromatic heterocycles. The number of hydrogen-bond acceptors (Lipinski definition) is 3. The largest absolute Gasteiger partial charge is 0.321 e. The highest BCUT2D eigenvalue weighted by Crippen LogP contribution is 2.37. The van der Waals surface area contributed by atoms with E-state index in [0.29, 0.717) is 16.4 Å². The maximum Gasteiger partial charge on any atom is 0.276 e. The van der Waals surface area contributed by atoms with E-state index in [4.69, 9.17) is 11.6 Å². The van der Waals surface area contributed by atoms with Crippen molar-refractivity contribution in [1.82, 2.24) is 9.78 Å². The zero-order valence-electron chi connectivity index (χ0n) is 12.5. The standard InChI is InChI=1S/C17H14ClN3OS/c1-21-16-12-7-8-23-14(12)6-5-13(16)15(20-21)17(22)19-11-4-2-3-10(18)9-11/h2-4,7-9H,5-6H2,1H3,(H,19,22). The second-order valence-corrected chi connectivity index (χ2v) is 6.96. The predicted molar refractivity (Wildman–Crippen MR) is 93.3 cm³/mol. The van der Waals surface area contributed by atoms with E-state index in [1.165, 1.54) is 10.4 Å². The summed E-state index contributed by atoms with van der Waals surface area (Å²) in [5, 5.41) is 10.0. The second kappa shape index (κ2) is 5.51. The van der Waals surface area contributed by atoms with E-state index in [1.807, 2.05) is 23.9 Å². The van der Waals surface area contributed by atoms with Crippen LogP contribution in [0.3, 0.4) is 0 Å². The van der Waals surface area contributed by atoms with Crippen LogP contribution >= 0.6 is 22.9 Å². The van der Waals surface area contributed by atoms with Crippen molar-refractivity contribution in [2.24, 2.45) is 7.05 Å². The van der Waals surface area contributed by atoms with Gasteiger partial charge in [0.1, 0.15) is 0 Å². The molecule has 1 aliphatic rings. The number of nitrogens with one attached hydrogen (secondary N) is 1. The molecule has 116 valence electrons. The van der Waals surface area contributed by atoms with E-state index in [9.17, 15) is 4.79 Å². The number of benzene rings is 1. The van der Waals surface area contributed by atoms with Crippen LogP contribution in [0, 0.1) is 0 Å². The van der Waals surface area contributed by atoms with Gasteiger partial charge in [-0.05, 0) is 42.5 Å². The molecule has 0 unspecified atom stereocenters. The number of carbonyl (C=O) groups excluding carboxylic acids is 1. The summed E-state index contributed by atoms with van der Waals surface area (Å²) in [7, 11) is 1.89. The molecule has 0 aliphatic heterocycles. The van der Waals surface area contributed by atoms with Gasteiger partial charge in [-0.25, -0.2) is 0 Å². The van der Waals surface area contributed by atoms with Crippen molar-refractivity contribution in [1.29, 1.82) is 0 Å². The van der Waals surface area contributed by atoms with Gasteiger partial charge in [0, 0.05) is 33.8 Å². The number of carbonyl (C=O) groups is 1. The number of rotatable bonds is 2. The van der Waals surface area contributed by atoms with Crippen molar-refractivity contribution in [3.8, 4) is 11.3 Å². The molecule has 0 fully saturated rings. The molecule has 0 saturated carbocycles. The van der Waals surface area contributed by atoms with E-state index in [1.54, 1.807) is 23.5 Å². The van der Waals surface area contributed by atoms with Crippen molar-refractivity contribution >= 4 is 34.5 Å². The maximum absolute atomic E-state index is 12.6. The van der Waals surface area contributed by atoms with E-state index < -0.39 is 0 Å². The highest BCUT2D eigenvalue weighted by atomic mass is 35.5. The van der Waals surface area contributed by atoms with Gasteiger partial charge in [-0.15, -0.1) is 11.3 Å². The van der Waals surface area contributed by atoms with Gasteiger partial charge in [0.2, 0.25) is 0 Å². The van der Waals surface area contributed by atoms with Gasteiger partial charge in [-0.2, -0.15) is 5.10 Å². The fourth-order valence-electron chi connectivity index (χ4n) is 3.06. The third-order valence-electron chi connectivity index (χ3n) is 4.05. The van der Waals surface area contributed by atoms with Gasteiger partial charge in [-0.1, -0.05) is 17.7 Å². The minimum atomic E-state index is -0.192. The molecule has 23 heavy (non-hydrogen) atoms. The summed E-state index contributed by atoms with van der Waals surface area (Å²) in [6, 6.07) is 9.24. The summed E-state index contributed by atoms with van der Waals surface area (Å²) >= 11 is 7.73. The quantitative estimate of drug-likeness (QED) is 0.759. The zero-order chi connectivity index (χ0) is 16.0. The van der Waals surface area contributed by atoms with Gasteiger partial charge in [0.15, 0.2) is 5.69 Å². The van der Waals surface area contributed by atoms with Crippen molar-refractivity contribution < 1.29 is 4.79 Å². The first-order valence-electron chi connectivity index (χ1n) is 7.33. The van der Waals surface area contributed by atoms with Crippen molar-refractivity contribution in [2.75, 3.05) is 5.32 Å². The molecule has 2 heterocycles. The minimum Gasteiger partial charge on any atom is -0.321 e. The lowest BCUT2D eigenvalue weighted by Crippen LogP contribution is -2.15. The molecule has 0 bridgehead atoms. The third-order valence-corrected chi connectivity index (χ3v) is 5.26. The Hall–Kier alpha value is -2.11. The van der Waals surface area contributed by atoms with Gasteiger partial charge in [-0.3, -0.25) is 9.48 Å². The Labute approximate surface area is 142 Å². The molecule has 4 rings (SSSR count). The van der Waals surface area contributed by atoms with Crippen LogP contribution in [0.25, 0.3) is 11.3 Å². The number of amides is 1. The molecular formula is C17H14ClN3OS. The number of fused-ring (bicyclic) bond motifs is 3. The van der Waals surface area contributed by atoms with E-state index in [2.05, 4.69) is 21.9 Å². The first-order chi connectivity index (χ1) is 11.1. The number of anilines is 1. The predicted octanol–water partition coefficient (Wildman–Crippen LogP) is 4.15. The van der Waals surface area contributed by atoms with Crippen molar-refractivity contribution in [3.63, 3.8) is 0 Å². The van der Waals surface area contributed by atoms with Crippen LogP contribution in [0.4, 0.5) is 5.69 Å². The zero-order valence-corrected chi connectivity index (χ0v) is 14.0. The molecule has 1 amide bonds. The minimum absolute atomic E-state index is 0.192. The first kappa shape index (κ1) is 14.5. The van der Waals surface area contributed by atoms with Gasteiger partial charge < -0.3 is 5.32 Å². The molecule has 1 N–H and O–H groups in total. The number of aryl methyl sites for hydroxylation is 2. The van der Waals surface area contributed by atoms with Gasteiger partial charge in [0.25, 0.3) is 5.91 Å². The molecular weight excluding hydrogens is 330 g/mol. The smallest absolute Gasteiger partial charge is 0.276 e. The molecule has 6 heteroatoms. The van der Waals surface area contributed by atoms with Crippen LogP contribution < -0.4 is 5.32 Å². The normalized spacial score (nSPS) is 12.6. The Morgan fingerprint density at radius 3 is 3.04 bits per heavy atom. The lowest BCUT2D eigenvalue weighted by Gasteiger charge is -2.13. The third kappa shape index (κ3) is 2.46. The molecule has 0 radical (unpaired) electrons. The number of hydrogen-bond donors (Lipinski definition) is 1. The van der Waals surface area contributed by atoms with E-state index in [-0.39, 0.29) is 5.91 Å². The summed E-state index contributed by atoms with van der Waals surface area (Å²) < 4.78 is 1.81. The van der Waals surface area contributed by atoms with Crippen LogP contribution in [0.2, 0.25) is 5.02 Å². The highest BCUT2D eigenvalue weighted by Gasteiger charge is 2.27. The molecule has 3 aromatic rings. The Balaban J connectivity index is 1.71. The summed E-state index contributed by atoms with van der Waals surface area (Å²) in [5.41, 5.74) is 4.46. The lowest BCUT2D eigenvalue weighted by molar-refractivity contribution is 0.102. The molecule has 0 spiro atoms. The summed E-state index contributed by atoms with van der Waals surface area (Å²) in [4.78, 5) is 14.0. The molecule has 1 aliphatic carbocycles. The number of thiophene rings is 1. The Morgan fingerprint density at radius 2 is 2.22 bits per heavy atom. The Bertz CT molecular complexity index is 912. The molecule has 0 saturated heterocycles. The summed E-state index contributed by atoms with van der Waals surface area (Å²) in [6.07, 6.45) is 1.80. The fraction of sp³-hybridized carbons (Fsp3) is 0.176. The van der Waals surface area contributed by atoms with E-state index in [0.717, 1.165) is 24.1 Å². The van der Waals surface area contributed by atoms with Crippen LogP contribution in [0.15, 0.2) is 35.7 Å². The van der Waals surface area contributed by atoms with Crippen LogP contribution in [0.1, 0.15) is 20.9 Å². The van der Waals surface area contributed by atoms with Crippen LogP contribution in [0.5, 0.6) is 0 Å². The second-order valence-electron chi connectivity index (χ2n) is 5.52. The molecule has 0 atom stereocenters. The summed E-state index contributed by atoms with van der Waals surface area (Å²) in [5.74, 6) is -0.192. The van der Waals surface area contributed by atoms with Crippen molar-refractivity contribution in [3.05, 3.63) is 56.9 Å². The average molecular weight is 344 g/mol. The SMILES string of the molecule is Cn1nc(C(=O)Nc2cccc(Cl)c2)c2c1-c1ccsc1CC2. The fourth-order valence-corrected chi connectivity index (χ4v) is 4.13. The van der Waals surface area contributed by atoms with Gasteiger partial charge in [0.05, 0.1) is 5.69 Å². The van der Waals surface area contributed by atoms with Crippen molar-refractivity contribution in [2.45, 2.75) is 12.8 Å². The van der Waals surface area contributed by atoms with Crippen LogP contribution in [-0.4, -0.2) is 15.7 Å². The number of aromatic nitrogens is 2.